The third-order valence-corrected chi connectivity index (χ3v) is 6.33. The van der Waals surface area contributed by atoms with E-state index < -0.39 is 0 Å². The number of methoxy groups -OCH3 is 4. The lowest BCUT2D eigenvalue weighted by atomic mass is 10.0. The fraction of sp³-hybridized carbons (Fsp3) is 0.250. The molecule has 0 aliphatic carbocycles. The van der Waals surface area contributed by atoms with Gasteiger partial charge < -0.3 is 23.7 Å². The molecule has 4 aromatic rings. The quantitative estimate of drug-likeness (QED) is 0.209. The van der Waals surface area contributed by atoms with E-state index in [1.807, 2.05) is 48.5 Å². The van der Waals surface area contributed by atoms with E-state index in [9.17, 15) is 0 Å². The van der Waals surface area contributed by atoms with E-state index in [-0.39, 0.29) is 0 Å². The van der Waals surface area contributed by atoms with Crippen molar-refractivity contribution in [2.24, 2.45) is 0 Å². The molecule has 0 unspecified atom stereocenters. The number of aryl methyl sites for hydroxylation is 4. The summed E-state index contributed by atoms with van der Waals surface area (Å²) in [4.78, 5) is 0. The van der Waals surface area contributed by atoms with Gasteiger partial charge in [-0.05, 0) is 96.5 Å². The van der Waals surface area contributed by atoms with E-state index in [2.05, 4.69) is 36.4 Å². The zero-order valence-electron chi connectivity index (χ0n) is 22.0. The predicted octanol–water partition coefficient (Wildman–Crippen LogP) is 7.08. The van der Waals surface area contributed by atoms with Crippen LogP contribution in [0.2, 0.25) is 0 Å². The Labute approximate surface area is 219 Å². The molecule has 5 nitrogen and oxygen atoms in total. The van der Waals surface area contributed by atoms with Gasteiger partial charge in [0.15, 0.2) is 11.5 Å². The van der Waals surface area contributed by atoms with Gasteiger partial charge in [0, 0.05) is 6.07 Å². The van der Waals surface area contributed by atoms with Crippen LogP contribution in [0.5, 0.6) is 34.5 Å². The van der Waals surface area contributed by atoms with Crippen LogP contribution in [0.3, 0.4) is 0 Å². The highest BCUT2D eigenvalue weighted by Crippen LogP contribution is 2.33. The molecule has 0 spiro atoms. The van der Waals surface area contributed by atoms with Gasteiger partial charge in [-0.1, -0.05) is 30.3 Å². The molecule has 0 atom stereocenters. The second-order valence-corrected chi connectivity index (χ2v) is 8.80. The van der Waals surface area contributed by atoms with Crippen LogP contribution < -0.4 is 23.7 Å². The monoisotopic (exact) mass is 498 g/mol. The van der Waals surface area contributed by atoms with Gasteiger partial charge in [0.25, 0.3) is 0 Å². The highest BCUT2D eigenvalue weighted by Gasteiger charge is 2.09. The Morgan fingerprint density at radius 1 is 0.405 bits per heavy atom. The molecule has 0 heterocycles. The summed E-state index contributed by atoms with van der Waals surface area (Å²) in [5.74, 6) is 4.68. The average Bonchev–Trinajstić information content (AvgIpc) is 2.95. The van der Waals surface area contributed by atoms with Gasteiger partial charge in [-0.3, -0.25) is 0 Å². The van der Waals surface area contributed by atoms with Gasteiger partial charge in [-0.15, -0.1) is 0 Å². The Bertz CT molecular complexity index is 1270. The van der Waals surface area contributed by atoms with Gasteiger partial charge in [0.1, 0.15) is 23.0 Å². The maximum absolute atomic E-state index is 6.23. The van der Waals surface area contributed by atoms with Crippen molar-refractivity contribution in [3.8, 4) is 34.5 Å². The first-order valence-corrected chi connectivity index (χ1v) is 12.4. The Balaban J connectivity index is 1.39. The van der Waals surface area contributed by atoms with E-state index in [0.29, 0.717) is 11.5 Å². The molecular weight excluding hydrogens is 464 g/mol. The minimum absolute atomic E-state index is 0.709. The minimum atomic E-state index is 0.709. The van der Waals surface area contributed by atoms with Crippen molar-refractivity contribution in [2.45, 2.75) is 25.7 Å². The van der Waals surface area contributed by atoms with Crippen molar-refractivity contribution < 1.29 is 23.7 Å². The highest BCUT2D eigenvalue weighted by atomic mass is 16.5. The van der Waals surface area contributed by atoms with Crippen molar-refractivity contribution in [1.82, 2.24) is 0 Å². The summed E-state index contributed by atoms with van der Waals surface area (Å²) in [6.45, 7) is 0. The minimum Gasteiger partial charge on any atom is -0.497 e. The normalized spacial score (nSPS) is 10.6. The van der Waals surface area contributed by atoms with Gasteiger partial charge in [0.2, 0.25) is 0 Å². The van der Waals surface area contributed by atoms with Crippen LogP contribution in [-0.4, -0.2) is 28.4 Å². The molecule has 0 aliphatic rings. The summed E-state index contributed by atoms with van der Waals surface area (Å²) in [6, 6.07) is 28.5. The molecule has 4 rings (SSSR count). The number of ether oxygens (including phenoxy) is 5. The Morgan fingerprint density at radius 3 is 1.62 bits per heavy atom. The zero-order valence-corrected chi connectivity index (χ0v) is 22.0. The molecule has 37 heavy (non-hydrogen) atoms. The van der Waals surface area contributed by atoms with Crippen LogP contribution in [0, 0.1) is 0 Å². The van der Waals surface area contributed by atoms with Gasteiger partial charge in [0.05, 0.1) is 28.4 Å². The Kier molecular flexibility index (Phi) is 8.93. The summed E-state index contributed by atoms with van der Waals surface area (Å²) in [6.07, 6.45) is 3.59. The van der Waals surface area contributed by atoms with E-state index in [0.717, 1.165) is 48.7 Å². The van der Waals surface area contributed by atoms with Gasteiger partial charge >= 0.3 is 0 Å². The second-order valence-electron chi connectivity index (χ2n) is 8.80. The van der Waals surface area contributed by atoms with Crippen LogP contribution in [0.15, 0.2) is 84.9 Å². The summed E-state index contributed by atoms with van der Waals surface area (Å²) >= 11 is 0. The lowest BCUT2D eigenvalue weighted by Gasteiger charge is -2.13. The van der Waals surface area contributed by atoms with Gasteiger partial charge in [-0.2, -0.15) is 0 Å². The summed E-state index contributed by atoms with van der Waals surface area (Å²) in [5, 5.41) is 0. The molecule has 5 heteroatoms. The molecule has 0 aromatic heterocycles. The molecule has 0 saturated carbocycles. The smallest absolute Gasteiger partial charge is 0.169 e. The van der Waals surface area contributed by atoms with Crippen molar-refractivity contribution in [2.75, 3.05) is 28.4 Å². The maximum Gasteiger partial charge on any atom is 0.169 e. The third kappa shape index (κ3) is 7.20. The Morgan fingerprint density at radius 2 is 0.973 bits per heavy atom. The molecule has 0 fully saturated rings. The highest BCUT2D eigenvalue weighted by molar-refractivity contribution is 5.46. The SMILES string of the molecule is COc1cccc(CCc2ccc(OC)c(Oc3ccc(CCc4cc(OC)cc(OC)c4)cc3)c2)c1. The first-order valence-electron chi connectivity index (χ1n) is 12.4. The van der Waals surface area contributed by atoms with Crippen molar-refractivity contribution in [3.63, 3.8) is 0 Å². The van der Waals surface area contributed by atoms with E-state index in [1.54, 1.807) is 28.4 Å². The van der Waals surface area contributed by atoms with Crippen LogP contribution in [0.4, 0.5) is 0 Å². The molecule has 0 amide bonds. The lowest BCUT2D eigenvalue weighted by molar-refractivity contribution is 0.378. The molecule has 4 aromatic carbocycles. The molecule has 0 bridgehead atoms. The first kappa shape index (κ1) is 26.0. The first-order chi connectivity index (χ1) is 18.1. The van der Waals surface area contributed by atoms with Crippen molar-refractivity contribution in [1.29, 1.82) is 0 Å². The van der Waals surface area contributed by atoms with Crippen molar-refractivity contribution >= 4 is 0 Å². The fourth-order valence-corrected chi connectivity index (χ4v) is 4.22. The van der Waals surface area contributed by atoms with Gasteiger partial charge in [-0.25, -0.2) is 0 Å². The zero-order chi connectivity index (χ0) is 26.0. The predicted molar refractivity (Wildman–Crippen MR) is 147 cm³/mol. The van der Waals surface area contributed by atoms with Crippen molar-refractivity contribution in [3.05, 3.63) is 107 Å². The van der Waals surface area contributed by atoms with Crippen LogP contribution in [0.1, 0.15) is 22.3 Å². The lowest BCUT2D eigenvalue weighted by Crippen LogP contribution is -1.96. The number of hydrogen-bond donors (Lipinski definition) is 0. The number of benzene rings is 4. The molecule has 0 saturated heterocycles. The second kappa shape index (κ2) is 12.7. The third-order valence-electron chi connectivity index (χ3n) is 6.33. The average molecular weight is 499 g/mol. The summed E-state index contributed by atoms with van der Waals surface area (Å²) in [5.41, 5.74) is 4.82. The Hall–Kier alpha value is -4.12. The van der Waals surface area contributed by atoms with E-state index in [1.165, 1.54) is 22.3 Å². The summed E-state index contributed by atoms with van der Waals surface area (Å²) in [7, 11) is 6.69. The number of hydrogen-bond acceptors (Lipinski definition) is 5. The molecule has 0 radical (unpaired) electrons. The van der Waals surface area contributed by atoms with E-state index in [4.69, 9.17) is 23.7 Å². The topological polar surface area (TPSA) is 46.2 Å². The fourth-order valence-electron chi connectivity index (χ4n) is 4.22. The molecule has 0 aliphatic heterocycles. The summed E-state index contributed by atoms with van der Waals surface area (Å²) < 4.78 is 27.9. The maximum atomic E-state index is 6.23. The van der Waals surface area contributed by atoms with Crippen LogP contribution >= 0.6 is 0 Å². The molecule has 192 valence electrons. The van der Waals surface area contributed by atoms with E-state index >= 15 is 0 Å². The molecular formula is C32H34O5. The standard InChI is InChI=1S/C32H34O5/c1-33-28-7-5-6-24(18-28)9-10-25-14-17-31(36-4)32(21-25)37-27-15-12-23(13-16-27)8-11-26-19-29(34-2)22-30(20-26)35-3/h5-7,12-22H,8-11H2,1-4H3. The number of rotatable bonds is 12. The molecule has 0 N–H and O–H groups in total. The van der Waals surface area contributed by atoms with Crippen LogP contribution in [-0.2, 0) is 25.7 Å². The largest absolute Gasteiger partial charge is 0.497 e. The van der Waals surface area contributed by atoms with Crippen LogP contribution in [0.25, 0.3) is 0 Å².